The molecule has 1 aromatic heterocycles. The Morgan fingerprint density at radius 1 is 1.59 bits per heavy atom. The van der Waals surface area contributed by atoms with Crippen LogP contribution in [0.25, 0.3) is 0 Å². The van der Waals surface area contributed by atoms with Gasteiger partial charge >= 0.3 is 0 Å². The lowest BCUT2D eigenvalue weighted by molar-refractivity contribution is -0.146. The summed E-state index contributed by atoms with van der Waals surface area (Å²) in [7, 11) is 0. The Kier molecular flexibility index (Phi) is 6.30. The van der Waals surface area contributed by atoms with Crippen LogP contribution in [0.1, 0.15) is 5.56 Å². The van der Waals surface area contributed by atoms with E-state index in [9.17, 15) is 14.4 Å². The zero-order chi connectivity index (χ0) is 19.4. The number of hydrogen-bond acceptors (Lipinski definition) is 7. The molecule has 0 saturated carbocycles. The van der Waals surface area contributed by atoms with Gasteiger partial charge in [0, 0.05) is 18.0 Å². The van der Waals surface area contributed by atoms with Crippen molar-refractivity contribution in [3.05, 3.63) is 40.7 Å². The molecule has 1 aromatic rings. The van der Waals surface area contributed by atoms with Crippen LogP contribution in [0.4, 0.5) is 0 Å². The monoisotopic (exact) mass is 421 g/mol. The second-order valence-corrected chi connectivity index (χ2v) is 8.14. The van der Waals surface area contributed by atoms with Crippen LogP contribution in [0.5, 0.6) is 0 Å². The van der Waals surface area contributed by atoms with Gasteiger partial charge in [-0.2, -0.15) is 10.4 Å². The summed E-state index contributed by atoms with van der Waals surface area (Å²) < 4.78 is 0. The summed E-state index contributed by atoms with van der Waals surface area (Å²) in [5.41, 5.74) is 2.02. The first kappa shape index (κ1) is 19.6. The lowest BCUT2D eigenvalue weighted by Gasteiger charge is -2.50. The van der Waals surface area contributed by atoms with Crippen LogP contribution in [-0.4, -0.2) is 54.9 Å². The Bertz CT molecular complexity index is 859. The lowest BCUT2D eigenvalue weighted by atomic mass is 10.0. The Balaban J connectivity index is 1.68. The Hall–Kier alpha value is -2.16. The molecule has 0 spiro atoms. The molecule has 27 heavy (non-hydrogen) atoms. The number of β-lactam (4-membered cyclic amide) rings is 1. The average Bonchev–Trinajstić information content (AvgIpc) is 3.15. The highest BCUT2D eigenvalue weighted by molar-refractivity contribution is 8.02. The van der Waals surface area contributed by atoms with Crippen molar-refractivity contribution < 1.29 is 14.4 Å². The number of aromatic amines is 1. The highest BCUT2D eigenvalue weighted by atomic mass is 32.2. The van der Waals surface area contributed by atoms with Gasteiger partial charge in [0.2, 0.25) is 11.0 Å². The van der Waals surface area contributed by atoms with Gasteiger partial charge in [0.25, 0.3) is 5.91 Å². The number of aromatic nitrogens is 2. The fourth-order valence-corrected chi connectivity index (χ4v) is 4.96. The largest absolute Gasteiger partial charge is 0.341 e. The highest BCUT2D eigenvalue weighted by Crippen LogP contribution is 2.41. The number of nitrogens with zero attached hydrogens (tertiary/aromatic N) is 3. The fraction of sp³-hybridized carbons (Fsp3) is 0.312. The van der Waals surface area contributed by atoms with Crippen LogP contribution in [0, 0.1) is 11.3 Å². The number of thiol groups is 1. The van der Waals surface area contributed by atoms with E-state index in [2.05, 4.69) is 28.1 Å². The molecule has 2 amide bonds. The second-order valence-electron chi connectivity index (χ2n) is 5.74. The maximum absolute atomic E-state index is 12.6. The van der Waals surface area contributed by atoms with Gasteiger partial charge in [-0.3, -0.25) is 24.4 Å². The molecule has 8 nitrogen and oxygen atoms in total. The lowest BCUT2D eigenvalue weighted by Crippen LogP contribution is -2.70. The van der Waals surface area contributed by atoms with E-state index in [-0.39, 0.29) is 22.9 Å². The van der Waals surface area contributed by atoms with Crippen LogP contribution >= 0.6 is 36.2 Å². The molecule has 11 heteroatoms. The van der Waals surface area contributed by atoms with Crippen LogP contribution in [0.15, 0.2) is 35.1 Å². The molecule has 140 valence electrons. The van der Waals surface area contributed by atoms with E-state index in [4.69, 9.17) is 5.26 Å². The van der Waals surface area contributed by atoms with Crippen LogP contribution in [0.2, 0.25) is 0 Å². The molecule has 1 fully saturated rings. The SMILES string of the molecule is N#C/C=C\SCC(=O)N[C@@H]1C(=O)N2C(C(=O)S)=C(Cc3cn[nH]c3)CS[C@H]12. The zero-order valence-electron chi connectivity index (χ0n) is 13.9. The van der Waals surface area contributed by atoms with Crippen LogP contribution in [0.3, 0.4) is 0 Å². The van der Waals surface area contributed by atoms with Crippen molar-refractivity contribution in [2.24, 2.45) is 0 Å². The Morgan fingerprint density at radius 3 is 3.07 bits per heavy atom. The summed E-state index contributed by atoms with van der Waals surface area (Å²) in [5.74, 6) is 0.0559. The van der Waals surface area contributed by atoms with E-state index in [0.29, 0.717) is 17.9 Å². The summed E-state index contributed by atoms with van der Waals surface area (Å²) >= 11 is 6.62. The number of allylic oxidation sites excluding steroid dienone is 1. The highest BCUT2D eigenvalue weighted by Gasteiger charge is 2.53. The summed E-state index contributed by atoms with van der Waals surface area (Å²) in [6.07, 6.45) is 5.19. The first-order chi connectivity index (χ1) is 13.0. The van der Waals surface area contributed by atoms with E-state index < -0.39 is 11.2 Å². The van der Waals surface area contributed by atoms with Gasteiger partial charge in [-0.15, -0.1) is 23.5 Å². The molecule has 1 saturated heterocycles. The maximum Gasteiger partial charge on any atom is 0.253 e. The summed E-state index contributed by atoms with van der Waals surface area (Å²) in [6, 6.07) is 1.17. The van der Waals surface area contributed by atoms with Crippen LogP contribution in [-0.2, 0) is 20.8 Å². The van der Waals surface area contributed by atoms with E-state index in [0.717, 1.165) is 11.1 Å². The molecular weight excluding hydrogens is 406 g/mol. The zero-order valence-corrected chi connectivity index (χ0v) is 16.4. The van der Waals surface area contributed by atoms with Gasteiger partial charge in [0.15, 0.2) is 0 Å². The Labute approximate surface area is 169 Å². The number of amides is 2. The average molecular weight is 422 g/mol. The molecule has 2 aliphatic rings. The standard InChI is InChI=1S/C16H15N5O3S3/c17-2-1-3-26-8-11(22)20-12-14(23)21-13(16(24)25)10(7-27-15(12)21)4-9-5-18-19-6-9/h1,3,5-6,12,15H,4,7-8H2,(H,18,19)(H,20,22)(H,24,25)/b3-1-/t12-,15-/m1/s1. The predicted octanol–water partition coefficient (Wildman–Crippen LogP) is 0.833. The predicted molar refractivity (Wildman–Crippen MR) is 106 cm³/mol. The minimum atomic E-state index is -0.666. The topological polar surface area (TPSA) is 119 Å². The summed E-state index contributed by atoms with van der Waals surface area (Å²) in [5, 5.41) is 18.5. The number of fused-ring (bicyclic) bond motifs is 1. The summed E-state index contributed by atoms with van der Waals surface area (Å²) in [4.78, 5) is 38.0. The van der Waals surface area contributed by atoms with Crippen molar-refractivity contribution >= 4 is 53.1 Å². The maximum atomic E-state index is 12.6. The molecule has 0 aliphatic carbocycles. The first-order valence-corrected chi connectivity index (χ1v) is 10.4. The third kappa shape index (κ3) is 4.23. The van der Waals surface area contributed by atoms with Gasteiger partial charge in [-0.25, -0.2) is 0 Å². The minimum Gasteiger partial charge on any atom is -0.341 e. The van der Waals surface area contributed by atoms with Gasteiger partial charge in [-0.1, -0.05) is 12.6 Å². The molecule has 3 rings (SSSR count). The van der Waals surface area contributed by atoms with Gasteiger partial charge in [-0.05, 0) is 23.0 Å². The number of H-pyrrole nitrogens is 1. The molecule has 2 atom stereocenters. The number of carbonyl (C=O) groups excluding carboxylic acids is 3. The number of nitrogens with one attached hydrogen (secondary N) is 2. The number of nitriles is 1. The van der Waals surface area contributed by atoms with Crippen molar-refractivity contribution in [3.8, 4) is 6.07 Å². The van der Waals surface area contributed by atoms with Gasteiger partial charge in [0.1, 0.15) is 11.4 Å². The first-order valence-electron chi connectivity index (χ1n) is 7.86. The summed E-state index contributed by atoms with van der Waals surface area (Å²) in [6.45, 7) is 0. The molecule has 0 unspecified atom stereocenters. The van der Waals surface area contributed by atoms with E-state index >= 15 is 0 Å². The Morgan fingerprint density at radius 2 is 2.41 bits per heavy atom. The fourth-order valence-electron chi connectivity index (χ4n) is 2.86. The molecule has 2 aliphatic heterocycles. The third-order valence-electron chi connectivity index (χ3n) is 3.99. The van der Waals surface area contributed by atoms with Crippen molar-refractivity contribution in [1.29, 1.82) is 5.26 Å². The molecule has 0 bridgehead atoms. The van der Waals surface area contributed by atoms with Gasteiger partial charge < -0.3 is 5.32 Å². The van der Waals surface area contributed by atoms with Crippen molar-refractivity contribution in [3.63, 3.8) is 0 Å². The second kappa shape index (κ2) is 8.69. The minimum absolute atomic E-state index is 0.110. The van der Waals surface area contributed by atoms with Crippen molar-refractivity contribution in [2.45, 2.75) is 17.8 Å². The molecule has 3 heterocycles. The normalized spacial score (nSPS) is 21.6. The molecule has 0 radical (unpaired) electrons. The third-order valence-corrected chi connectivity index (χ3v) is 6.30. The number of carbonyl (C=O) groups is 3. The number of hydrogen-bond donors (Lipinski definition) is 3. The quantitative estimate of drug-likeness (QED) is 0.339. The molecule has 0 aromatic carbocycles. The van der Waals surface area contributed by atoms with E-state index in [1.807, 2.05) is 6.07 Å². The smallest absolute Gasteiger partial charge is 0.253 e. The van der Waals surface area contributed by atoms with E-state index in [1.54, 1.807) is 12.4 Å². The van der Waals surface area contributed by atoms with E-state index in [1.165, 1.54) is 39.9 Å². The van der Waals surface area contributed by atoms with Gasteiger partial charge in [0.05, 0.1) is 23.7 Å². The van der Waals surface area contributed by atoms with Crippen molar-refractivity contribution in [1.82, 2.24) is 20.4 Å². The van der Waals surface area contributed by atoms with Crippen molar-refractivity contribution in [2.75, 3.05) is 11.5 Å². The number of thioether (sulfide) groups is 2. The molecular formula is C16H15N5O3S3. The number of rotatable bonds is 7. The van der Waals surface area contributed by atoms with Crippen LogP contribution < -0.4 is 5.32 Å². The molecule has 2 N–H and O–H groups in total.